The molecule has 0 atom stereocenters. The lowest BCUT2D eigenvalue weighted by atomic mass is 10.1. The van der Waals surface area contributed by atoms with Crippen LogP contribution in [0.2, 0.25) is 0 Å². The minimum absolute atomic E-state index is 0.0149. The number of nitrogens with one attached hydrogen (secondary N) is 1. The molecule has 3 fully saturated rings. The van der Waals surface area contributed by atoms with Crippen LogP contribution in [0, 0.1) is 0 Å². The first-order valence-corrected chi connectivity index (χ1v) is 11.5. The normalized spacial score (nSPS) is 19.3. The zero-order valence-corrected chi connectivity index (χ0v) is 17.5. The fraction of sp³-hybridized carbons (Fsp3) is 0.632. The Kier molecular flexibility index (Phi) is 4.92. The van der Waals surface area contributed by atoms with Gasteiger partial charge in [-0.25, -0.2) is 4.79 Å². The summed E-state index contributed by atoms with van der Waals surface area (Å²) in [5, 5.41) is 9.45. The van der Waals surface area contributed by atoms with Crippen molar-refractivity contribution in [2.24, 2.45) is 0 Å². The number of carbonyl (C=O) groups is 1. The number of nitrogen functional groups attached to an aromatic ring is 1. The Labute approximate surface area is 176 Å². The molecule has 11 heteroatoms. The summed E-state index contributed by atoms with van der Waals surface area (Å²) in [5.74, 6) is 0.459. The third-order valence-electron chi connectivity index (χ3n) is 5.90. The average molecular weight is 432 g/mol. The number of H-pyrrole nitrogens is 1. The van der Waals surface area contributed by atoms with Gasteiger partial charge in [0.2, 0.25) is 5.95 Å². The molecule has 1 aliphatic heterocycles. The van der Waals surface area contributed by atoms with Crippen molar-refractivity contribution in [2.75, 3.05) is 29.5 Å². The molecule has 2 aromatic heterocycles. The third-order valence-corrected chi connectivity index (χ3v) is 6.85. The second-order valence-electron chi connectivity index (χ2n) is 8.26. The van der Waals surface area contributed by atoms with Gasteiger partial charge in [0.25, 0.3) is 5.56 Å². The maximum absolute atomic E-state index is 12.9. The predicted octanol–water partition coefficient (Wildman–Crippen LogP) is 1.35. The van der Waals surface area contributed by atoms with Gasteiger partial charge in [-0.05, 0) is 44.9 Å². The van der Waals surface area contributed by atoms with E-state index in [9.17, 15) is 14.4 Å². The van der Waals surface area contributed by atoms with E-state index in [2.05, 4.69) is 24.6 Å². The SMILES string of the molecule is Nc1c(C(=O)CSc2nnc(N3CCCCC3)n2C2CC2)c(=O)[nH]c(=O)n1C1CC1. The number of hydrogen-bond acceptors (Lipinski definition) is 8. The zero-order valence-electron chi connectivity index (χ0n) is 16.7. The van der Waals surface area contributed by atoms with Gasteiger partial charge in [0.15, 0.2) is 10.9 Å². The summed E-state index contributed by atoms with van der Waals surface area (Å²) >= 11 is 1.27. The quantitative estimate of drug-likeness (QED) is 0.496. The first-order chi connectivity index (χ1) is 14.5. The number of hydrogen-bond donors (Lipinski definition) is 2. The fourth-order valence-electron chi connectivity index (χ4n) is 4.06. The van der Waals surface area contributed by atoms with E-state index in [0.717, 1.165) is 57.6 Å². The molecular weight excluding hydrogens is 406 g/mol. The number of anilines is 2. The van der Waals surface area contributed by atoms with Gasteiger partial charge in [-0.15, -0.1) is 10.2 Å². The summed E-state index contributed by atoms with van der Waals surface area (Å²) in [6.45, 7) is 1.95. The van der Waals surface area contributed by atoms with Crippen LogP contribution in [-0.2, 0) is 0 Å². The van der Waals surface area contributed by atoms with Crippen LogP contribution in [0.5, 0.6) is 0 Å². The van der Waals surface area contributed by atoms with Gasteiger partial charge >= 0.3 is 5.69 Å². The Bertz CT molecular complexity index is 1090. The summed E-state index contributed by atoms with van der Waals surface area (Å²) < 4.78 is 3.47. The summed E-state index contributed by atoms with van der Waals surface area (Å²) in [5.41, 5.74) is 4.65. The smallest absolute Gasteiger partial charge is 0.330 e. The number of Topliss-reactive ketones (excluding diaryl/α,β-unsaturated/α-hetero) is 1. The molecule has 2 aliphatic carbocycles. The molecule has 1 saturated heterocycles. The highest BCUT2D eigenvalue weighted by molar-refractivity contribution is 7.99. The molecule has 160 valence electrons. The van der Waals surface area contributed by atoms with Gasteiger partial charge in [0.05, 0.1) is 5.75 Å². The fourth-order valence-corrected chi connectivity index (χ4v) is 4.94. The number of thioether (sulfide) groups is 1. The molecule has 0 bridgehead atoms. The topological polar surface area (TPSA) is 132 Å². The maximum atomic E-state index is 12.9. The van der Waals surface area contributed by atoms with Gasteiger partial charge in [-0.1, -0.05) is 11.8 Å². The van der Waals surface area contributed by atoms with Crippen LogP contribution in [0.4, 0.5) is 11.8 Å². The molecule has 10 nitrogen and oxygen atoms in total. The molecule has 0 aromatic carbocycles. The van der Waals surface area contributed by atoms with Crippen LogP contribution in [-0.4, -0.2) is 48.9 Å². The maximum Gasteiger partial charge on any atom is 0.330 e. The molecule has 0 unspecified atom stereocenters. The summed E-state index contributed by atoms with van der Waals surface area (Å²) in [6, 6.07) is 0.346. The molecule has 30 heavy (non-hydrogen) atoms. The predicted molar refractivity (Wildman–Crippen MR) is 113 cm³/mol. The standard InChI is InChI=1S/C19H25N7O3S/c20-15-14(16(28)21-18(29)25(15)11-4-5-11)13(27)10-30-19-23-22-17(26(19)12-6-7-12)24-8-2-1-3-9-24/h11-12H,1-10,20H2,(H,21,28,29). The Morgan fingerprint density at radius 2 is 1.70 bits per heavy atom. The molecule has 0 amide bonds. The lowest BCUT2D eigenvalue weighted by molar-refractivity contribution is 0.102. The average Bonchev–Trinajstić information content (AvgIpc) is 3.66. The Hall–Kier alpha value is -2.56. The Morgan fingerprint density at radius 3 is 2.37 bits per heavy atom. The largest absolute Gasteiger partial charge is 0.384 e. The van der Waals surface area contributed by atoms with Crippen LogP contribution >= 0.6 is 11.8 Å². The number of aromatic amines is 1. The molecule has 0 radical (unpaired) electrons. The van der Waals surface area contributed by atoms with Crippen LogP contribution < -0.4 is 21.9 Å². The van der Waals surface area contributed by atoms with Crippen molar-refractivity contribution in [2.45, 2.75) is 62.2 Å². The monoisotopic (exact) mass is 431 g/mol. The Morgan fingerprint density at radius 1 is 1.03 bits per heavy atom. The van der Waals surface area contributed by atoms with Crippen LogP contribution in [0.1, 0.15) is 67.4 Å². The molecule has 5 rings (SSSR count). The van der Waals surface area contributed by atoms with Gasteiger partial charge in [-0.2, -0.15) is 0 Å². The molecule has 2 aromatic rings. The highest BCUT2D eigenvalue weighted by Crippen LogP contribution is 2.41. The van der Waals surface area contributed by atoms with E-state index in [4.69, 9.17) is 5.73 Å². The van der Waals surface area contributed by atoms with E-state index < -0.39 is 17.0 Å². The van der Waals surface area contributed by atoms with E-state index >= 15 is 0 Å². The van der Waals surface area contributed by atoms with E-state index in [0.29, 0.717) is 11.2 Å². The van der Waals surface area contributed by atoms with Crippen molar-refractivity contribution < 1.29 is 4.79 Å². The van der Waals surface area contributed by atoms with Gasteiger partial charge in [0, 0.05) is 25.2 Å². The van der Waals surface area contributed by atoms with Crippen molar-refractivity contribution in [3.05, 3.63) is 26.4 Å². The van der Waals surface area contributed by atoms with Crippen molar-refractivity contribution in [3.8, 4) is 0 Å². The molecule has 0 spiro atoms. The lowest BCUT2D eigenvalue weighted by Gasteiger charge is -2.27. The van der Waals surface area contributed by atoms with Gasteiger partial charge in [-0.3, -0.25) is 23.7 Å². The number of ketones is 1. The molecular formula is C19H25N7O3S. The van der Waals surface area contributed by atoms with Crippen LogP contribution in [0.3, 0.4) is 0 Å². The first kappa shape index (κ1) is 19.4. The minimum atomic E-state index is -0.724. The van der Waals surface area contributed by atoms with Crippen LogP contribution in [0.15, 0.2) is 14.7 Å². The van der Waals surface area contributed by atoms with E-state index in [-0.39, 0.29) is 23.2 Å². The van der Waals surface area contributed by atoms with Gasteiger partial charge < -0.3 is 10.6 Å². The summed E-state index contributed by atoms with van der Waals surface area (Å²) in [4.78, 5) is 41.7. The molecule has 3 aliphatic rings. The number of rotatable bonds is 7. The van der Waals surface area contributed by atoms with Crippen molar-refractivity contribution in [1.82, 2.24) is 24.3 Å². The molecule has 3 heterocycles. The zero-order chi connectivity index (χ0) is 20.8. The number of nitrogens with two attached hydrogens (primary N) is 1. The molecule has 2 saturated carbocycles. The second kappa shape index (κ2) is 7.60. The van der Waals surface area contributed by atoms with Crippen molar-refractivity contribution >= 4 is 29.3 Å². The first-order valence-electron chi connectivity index (χ1n) is 10.5. The van der Waals surface area contributed by atoms with E-state index in [1.807, 2.05) is 0 Å². The van der Waals surface area contributed by atoms with E-state index in [1.165, 1.54) is 22.7 Å². The van der Waals surface area contributed by atoms with Crippen molar-refractivity contribution in [1.29, 1.82) is 0 Å². The molecule has 3 N–H and O–H groups in total. The number of carbonyl (C=O) groups excluding carboxylic acids is 1. The Balaban J connectivity index is 1.38. The highest BCUT2D eigenvalue weighted by Gasteiger charge is 2.33. The number of aromatic nitrogens is 5. The second-order valence-corrected chi connectivity index (χ2v) is 9.21. The highest BCUT2D eigenvalue weighted by atomic mass is 32.2. The van der Waals surface area contributed by atoms with E-state index in [1.54, 1.807) is 0 Å². The lowest BCUT2D eigenvalue weighted by Crippen LogP contribution is -2.36. The number of piperidine rings is 1. The summed E-state index contributed by atoms with van der Waals surface area (Å²) in [6.07, 6.45) is 7.35. The van der Waals surface area contributed by atoms with Gasteiger partial charge in [0.1, 0.15) is 11.4 Å². The number of nitrogens with zero attached hydrogens (tertiary/aromatic N) is 5. The third kappa shape index (κ3) is 3.55. The summed E-state index contributed by atoms with van der Waals surface area (Å²) in [7, 11) is 0. The minimum Gasteiger partial charge on any atom is -0.384 e. The van der Waals surface area contributed by atoms with Crippen LogP contribution in [0.25, 0.3) is 0 Å². The van der Waals surface area contributed by atoms with Crippen molar-refractivity contribution in [3.63, 3.8) is 0 Å².